The van der Waals surface area contributed by atoms with Crippen LogP contribution in [0.15, 0.2) is 35.2 Å². The van der Waals surface area contributed by atoms with Crippen LogP contribution in [0.25, 0.3) is 0 Å². The van der Waals surface area contributed by atoms with Crippen LogP contribution >= 0.6 is 11.6 Å². The van der Waals surface area contributed by atoms with Crippen molar-refractivity contribution in [3.63, 3.8) is 0 Å². The first-order valence-corrected chi connectivity index (χ1v) is 13.9. The van der Waals surface area contributed by atoms with Crippen LogP contribution in [0.2, 0.25) is 5.02 Å². The average molecular weight is 587 g/mol. The summed E-state index contributed by atoms with van der Waals surface area (Å²) in [5.74, 6) is -6.39. The molecule has 14 heteroatoms. The summed E-state index contributed by atoms with van der Waals surface area (Å²) in [6.45, 7) is -0.0424. The van der Waals surface area contributed by atoms with Gasteiger partial charge in [-0.15, -0.1) is 0 Å². The molecule has 208 valence electrons. The number of ether oxygens (including phenoxy) is 2. The first-order chi connectivity index (χ1) is 18.3. The fraction of sp³-hybridized carbons (Fsp3) is 0.400. The lowest BCUT2D eigenvalue weighted by Crippen LogP contribution is -2.48. The number of carbonyl (C=O) groups excluding carboxylic acids is 3. The van der Waals surface area contributed by atoms with Crippen LogP contribution in [-0.2, 0) is 19.3 Å². The Morgan fingerprint density at radius 1 is 1.10 bits per heavy atom. The molecule has 9 nitrogen and oxygen atoms in total. The van der Waals surface area contributed by atoms with Crippen molar-refractivity contribution in [2.45, 2.75) is 41.4 Å². The topological polar surface area (TPSA) is 119 Å². The highest BCUT2D eigenvalue weighted by molar-refractivity contribution is 7.92. The third-order valence-corrected chi connectivity index (χ3v) is 10.5. The molecule has 1 heterocycles. The predicted molar refractivity (Wildman–Crippen MR) is 130 cm³/mol. The van der Waals surface area contributed by atoms with Gasteiger partial charge in [0.25, 0.3) is 5.91 Å². The fourth-order valence-corrected chi connectivity index (χ4v) is 8.89. The number of imide groups is 1. The fourth-order valence-electron chi connectivity index (χ4n) is 6.05. The number of sulfone groups is 1. The van der Waals surface area contributed by atoms with Gasteiger partial charge in [-0.25, -0.2) is 36.1 Å². The van der Waals surface area contributed by atoms with Gasteiger partial charge in [-0.1, -0.05) is 11.6 Å². The number of methoxy groups -OCH3 is 1. The molecule has 2 aromatic carbocycles. The van der Waals surface area contributed by atoms with Gasteiger partial charge in [-0.05, 0) is 55.7 Å². The van der Waals surface area contributed by atoms with Gasteiger partial charge in [0.15, 0.2) is 27.3 Å². The molecule has 1 N–H and O–H groups in total. The molecule has 2 bridgehead atoms. The number of benzene rings is 2. The molecule has 0 radical (unpaired) electrons. The minimum absolute atomic E-state index is 0.0424. The number of nitrogens with one attached hydrogen (secondary N) is 1. The van der Waals surface area contributed by atoms with Gasteiger partial charge in [-0.3, -0.25) is 4.79 Å². The molecule has 3 amide bonds. The number of hydrogen-bond donors (Lipinski definition) is 1. The van der Waals surface area contributed by atoms with Crippen LogP contribution in [0.1, 0.15) is 36.0 Å². The highest BCUT2D eigenvalue weighted by Gasteiger charge is 2.60. The zero-order chi connectivity index (χ0) is 28.3. The Hall–Kier alpha value is -3.32. The smallest absolute Gasteiger partial charge is 0.420 e. The van der Waals surface area contributed by atoms with Gasteiger partial charge in [0.1, 0.15) is 5.60 Å². The van der Waals surface area contributed by atoms with E-state index in [1.807, 2.05) is 0 Å². The second-order valence-corrected chi connectivity index (χ2v) is 12.5. The Morgan fingerprint density at radius 2 is 1.72 bits per heavy atom. The van der Waals surface area contributed by atoms with Crippen molar-refractivity contribution in [2.75, 3.05) is 19.0 Å². The zero-order valence-corrected chi connectivity index (χ0v) is 22.0. The van der Waals surface area contributed by atoms with Crippen LogP contribution in [0.3, 0.4) is 0 Å². The Bertz CT molecular complexity index is 1470. The van der Waals surface area contributed by atoms with Crippen LogP contribution in [0, 0.1) is 29.3 Å². The number of nitrogens with zero attached hydrogens (tertiary/aromatic N) is 1. The predicted octanol–water partition coefficient (Wildman–Crippen LogP) is 4.93. The molecule has 2 aliphatic carbocycles. The molecule has 2 atom stereocenters. The molecular formula is C25H22ClF3N2O7S. The van der Waals surface area contributed by atoms with Crippen LogP contribution in [-0.4, -0.2) is 55.9 Å². The highest BCUT2D eigenvalue weighted by Crippen LogP contribution is 2.54. The number of rotatable bonds is 4. The second kappa shape index (κ2) is 9.70. The van der Waals surface area contributed by atoms with Crippen molar-refractivity contribution in [3.05, 3.63) is 58.4 Å². The normalized spacial score (nSPS) is 26.0. The van der Waals surface area contributed by atoms with E-state index in [9.17, 15) is 36.0 Å². The Kier molecular flexibility index (Phi) is 6.78. The molecule has 0 aromatic heterocycles. The molecule has 2 unspecified atom stereocenters. The van der Waals surface area contributed by atoms with Crippen molar-refractivity contribution < 1.29 is 45.4 Å². The van der Waals surface area contributed by atoms with E-state index in [-0.39, 0.29) is 40.6 Å². The molecule has 1 spiro atoms. The van der Waals surface area contributed by atoms with Gasteiger partial charge in [0.05, 0.1) is 28.8 Å². The Morgan fingerprint density at radius 3 is 2.31 bits per heavy atom. The molecular weight excluding hydrogens is 565 g/mol. The van der Waals surface area contributed by atoms with E-state index in [4.69, 9.17) is 16.3 Å². The largest absolute Gasteiger partial charge is 0.452 e. The monoisotopic (exact) mass is 586 g/mol. The summed E-state index contributed by atoms with van der Waals surface area (Å²) >= 11 is 6.27. The van der Waals surface area contributed by atoms with E-state index in [2.05, 4.69) is 10.1 Å². The van der Waals surface area contributed by atoms with E-state index in [0.717, 1.165) is 18.1 Å². The summed E-state index contributed by atoms with van der Waals surface area (Å²) in [7, 11) is -2.96. The molecule has 1 saturated heterocycles. The lowest BCUT2D eigenvalue weighted by atomic mass is 9.77. The van der Waals surface area contributed by atoms with Gasteiger partial charge in [0.2, 0.25) is 0 Å². The van der Waals surface area contributed by atoms with Crippen molar-refractivity contribution in [3.8, 4) is 0 Å². The summed E-state index contributed by atoms with van der Waals surface area (Å²) < 4.78 is 78.3. The third-order valence-electron chi connectivity index (χ3n) is 7.57. The number of anilines is 1. The van der Waals surface area contributed by atoms with Crippen molar-refractivity contribution >= 4 is 45.2 Å². The van der Waals surface area contributed by atoms with E-state index >= 15 is 0 Å². The first-order valence-electron chi connectivity index (χ1n) is 11.9. The molecule has 3 aliphatic rings. The van der Waals surface area contributed by atoms with Gasteiger partial charge < -0.3 is 14.8 Å². The van der Waals surface area contributed by atoms with Crippen molar-refractivity contribution in [2.24, 2.45) is 11.8 Å². The lowest BCUT2D eigenvalue weighted by Gasteiger charge is -2.40. The van der Waals surface area contributed by atoms with Crippen LogP contribution in [0.5, 0.6) is 0 Å². The third kappa shape index (κ3) is 4.71. The SMILES string of the molecule is COC(=O)N1CC2(CC3CCC(C2)C3S(=O)(=O)c2cc(C(=O)Nc3cc(F)c(F)c(F)c3)ccc2Cl)OC1=O. The summed E-state index contributed by atoms with van der Waals surface area (Å²) in [6.07, 6.45) is -0.174. The van der Waals surface area contributed by atoms with E-state index < -0.39 is 68.1 Å². The van der Waals surface area contributed by atoms with Crippen LogP contribution in [0.4, 0.5) is 28.4 Å². The minimum Gasteiger partial charge on any atom is -0.452 e. The standard InChI is InChI=1S/C25H22ClF3N2O7S/c1-37-23(33)31-11-25(38-24(31)34)9-13-2-3-14(10-25)21(13)39(35,36)19-6-12(4-5-16(19)26)22(32)30-15-7-17(27)20(29)18(28)8-15/h4-8,13-14,21H,2-3,9-11H2,1H3,(H,30,32). The lowest BCUT2D eigenvalue weighted by molar-refractivity contribution is 0.00432. The zero-order valence-electron chi connectivity index (χ0n) is 20.4. The maximum Gasteiger partial charge on any atom is 0.420 e. The molecule has 39 heavy (non-hydrogen) atoms. The maximum absolute atomic E-state index is 13.9. The second-order valence-electron chi connectivity index (χ2n) is 9.98. The summed E-state index contributed by atoms with van der Waals surface area (Å²) in [6, 6.07) is 4.75. The molecule has 5 rings (SSSR count). The van der Waals surface area contributed by atoms with Crippen molar-refractivity contribution in [1.82, 2.24) is 4.90 Å². The van der Waals surface area contributed by atoms with E-state index in [0.29, 0.717) is 25.0 Å². The van der Waals surface area contributed by atoms with E-state index in [1.165, 1.54) is 12.1 Å². The average Bonchev–Trinajstić information content (AvgIpc) is 3.35. The van der Waals surface area contributed by atoms with E-state index in [1.54, 1.807) is 0 Å². The van der Waals surface area contributed by atoms with Gasteiger partial charge >= 0.3 is 12.2 Å². The molecule has 2 aromatic rings. The quantitative estimate of drug-likeness (QED) is 0.505. The highest BCUT2D eigenvalue weighted by atomic mass is 35.5. The number of hydrogen-bond acceptors (Lipinski definition) is 7. The molecule has 2 saturated carbocycles. The number of carbonyl (C=O) groups is 3. The maximum atomic E-state index is 13.9. The Balaban J connectivity index is 1.39. The summed E-state index contributed by atoms with van der Waals surface area (Å²) in [5, 5.41) is 1.23. The summed E-state index contributed by atoms with van der Waals surface area (Å²) in [4.78, 5) is 37.5. The van der Waals surface area contributed by atoms with Crippen molar-refractivity contribution in [1.29, 1.82) is 0 Å². The Labute approximate surface area is 226 Å². The summed E-state index contributed by atoms with van der Waals surface area (Å²) in [5.41, 5.74) is -1.53. The number of amides is 3. The number of halogens is 4. The van der Waals surface area contributed by atoms with Crippen LogP contribution < -0.4 is 5.32 Å². The molecule has 3 fully saturated rings. The minimum atomic E-state index is -4.10. The van der Waals surface area contributed by atoms with Gasteiger partial charge in [0, 0.05) is 23.4 Å². The van der Waals surface area contributed by atoms with Gasteiger partial charge in [-0.2, -0.15) is 0 Å². The molecule has 1 aliphatic heterocycles. The first kappa shape index (κ1) is 27.3. The number of fused-ring (bicyclic) bond motifs is 2.